The van der Waals surface area contributed by atoms with Crippen molar-refractivity contribution >= 4 is 27.5 Å². The van der Waals surface area contributed by atoms with E-state index in [1.165, 1.54) is 0 Å². The summed E-state index contributed by atoms with van der Waals surface area (Å²) in [5, 5.41) is 0.702. The summed E-state index contributed by atoms with van der Waals surface area (Å²) in [6, 6.07) is 11.5. The molecule has 0 spiro atoms. The lowest BCUT2D eigenvalue weighted by Crippen LogP contribution is -1.83. The molecule has 0 fully saturated rings. The predicted octanol–water partition coefficient (Wildman–Crippen LogP) is 4.16. The monoisotopic (exact) mass is 267 g/mol. The molecule has 1 aromatic carbocycles. The zero-order valence-corrected chi connectivity index (χ0v) is 9.59. The Bertz CT molecular complexity index is 442. The Morgan fingerprint density at radius 3 is 2.64 bits per heavy atom. The highest BCUT2D eigenvalue weighted by molar-refractivity contribution is 9.10. The van der Waals surface area contributed by atoms with Gasteiger partial charge in [0.05, 0.1) is 10.7 Å². The Balaban J connectivity index is 2.58. The third-order valence-electron chi connectivity index (χ3n) is 1.89. The van der Waals surface area contributed by atoms with Crippen molar-refractivity contribution in [3.8, 4) is 11.3 Å². The molecule has 70 valence electrons. The normalized spacial score (nSPS) is 10.1. The fourth-order valence-corrected chi connectivity index (χ4v) is 1.87. The van der Waals surface area contributed by atoms with E-state index < -0.39 is 0 Å². The molecule has 0 aliphatic carbocycles. The summed E-state index contributed by atoms with van der Waals surface area (Å²) in [5.41, 5.74) is 1.93. The molecule has 14 heavy (non-hydrogen) atoms. The van der Waals surface area contributed by atoms with Gasteiger partial charge < -0.3 is 0 Å². The average Bonchev–Trinajstić information content (AvgIpc) is 2.23. The molecule has 0 atom stereocenters. The van der Waals surface area contributed by atoms with Crippen molar-refractivity contribution in [3.63, 3.8) is 0 Å². The predicted molar refractivity (Wildman–Crippen MR) is 62.4 cm³/mol. The fourth-order valence-electron chi connectivity index (χ4n) is 1.22. The van der Waals surface area contributed by atoms with Crippen molar-refractivity contribution < 1.29 is 0 Å². The van der Waals surface area contributed by atoms with Crippen LogP contribution in [0.1, 0.15) is 0 Å². The number of aromatic nitrogens is 1. The zero-order valence-electron chi connectivity index (χ0n) is 7.24. The number of benzene rings is 1. The van der Waals surface area contributed by atoms with Crippen LogP contribution >= 0.6 is 27.5 Å². The summed E-state index contributed by atoms with van der Waals surface area (Å²) in [6.07, 6.45) is 1.77. The molecule has 0 radical (unpaired) electrons. The van der Waals surface area contributed by atoms with E-state index in [1.54, 1.807) is 6.20 Å². The first kappa shape index (κ1) is 9.69. The van der Waals surface area contributed by atoms with Crippen molar-refractivity contribution in [2.45, 2.75) is 0 Å². The zero-order chi connectivity index (χ0) is 9.97. The minimum Gasteiger partial charge on any atom is -0.256 e. The molecule has 0 bridgehead atoms. The fraction of sp³-hybridized carbons (Fsp3) is 0. The summed E-state index contributed by atoms with van der Waals surface area (Å²) in [4.78, 5) is 4.26. The van der Waals surface area contributed by atoms with Gasteiger partial charge in [0.25, 0.3) is 0 Å². The summed E-state index contributed by atoms with van der Waals surface area (Å²) >= 11 is 9.43. The molecule has 0 saturated carbocycles. The van der Waals surface area contributed by atoms with Crippen molar-refractivity contribution in [2.75, 3.05) is 0 Å². The molecule has 3 heteroatoms. The molecule has 0 saturated heterocycles. The van der Waals surface area contributed by atoms with Crippen LogP contribution in [-0.2, 0) is 0 Å². The maximum Gasteiger partial charge on any atom is 0.0713 e. The van der Waals surface area contributed by atoms with Crippen LogP contribution in [-0.4, -0.2) is 4.98 Å². The first-order valence-electron chi connectivity index (χ1n) is 4.14. The number of pyridine rings is 1. The molecule has 2 aromatic rings. The molecule has 1 heterocycles. The Labute approximate surface area is 95.9 Å². The third kappa shape index (κ3) is 1.81. The van der Waals surface area contributed by atoms with Gasteiger partial charge in [0.1, 0.15) is 0 Å². The van der Waals surface area contributed by atoms with Crippen LogP contribution in [0.4, 0.5) is 0 Å². The van der Waals surface area contributed by atoms with Gasteiger partial charge in [-0.25, -0.2) is 0 Å². The van der Waals surface area contributed by atoms with Crippen molar-refractivity contribution in [1.82, 2.24) is 4.98 Å². The summed E-state index contributed by atoms with van der Waals surface area (Å²) < 4.78 is 0.889. The van der Waals surface area contributed by atoms with Crippen molar-refractivity contribution in [3.05, 3.63) is 52.1 Å². The first-order valence-corrected chi connectivity index (χ1v) is 5.31. The lowest BCUT2D eigenvalue weighted by atomic mass is 10.1. The highest BCUT2D eigenvalue weighted by Gasteiger charge is 2.05. The van der Waals surface area contributed by atoms with E-state index in [0.717, 1.165) is 15.7 Å². The number of halogens is 2. The van der Waals surface area contributed by atoms with E-state index >= 15 is 0 Å². The third-order valence-corrected chi connectivity index (χ3v) is 3.29. The van der Waals surface area contributed by atoms with Gasteiger partial charge in [0.15, 0.2) is 0 Å². The van der Waals surface area contributed by atoms with Gasteiger partial charge in [-0.15, -0.1) is 0 Å². The lowest BCUT2D eigenvalue weighted by molar-refractivity contribution is 1.32. The van der Waals surface area contributed by atoms with E-state index in [-0.39, 0.29) is 0 Å². The van der Waals surface area contributed by atoms with E-state index in [1.807, 2.05) is 36.4 Å². The van der Waals surface area contributed by atoms with Crippen LogP contribution in [0.2, 0.25) is 5.02 Å². The lowest BCUT2D eigenvalue weighted by Gasteiger charge is -2.04. The Morgan fingerprint density at radius 1 is 1.07 bits per heavy atom. The minimum atomic E-state index is 0.702. The maximum atomic E-state index is 5.99. The molecular weight excluding hydrogens is 261 g/mol. The van der Waals surface area contributed by atoms with Crippen molar-refractivity contribution in [2.24, 2.45) is 0 Å². The topological polar surface area (TPSA) is 12.9 Å². The molecule has 1 aromatic heterocycles. The molecule has 2 rings (SSSR count). The van der Waals surface area contributed by atoms with Gasteiger partial charge in [-0.1, -0.05) is 29.8 Å². The van der Waals surface area contributed by atoms with Gasteiger partial charge in [-0.3, -0.25) is 4.98 Å². The van der Waals surface area contributed by atoms with E-state index in [9.17, 15) is 0 Å². The van der Waals surface area contributed by atoms with Gasteiger partial charge in [0.2, 0.25) is 0 Å². The van der Waals surface area contributed by atoms with Gasteiger partial charge in [-0.2, -0.15) is 0 Å². The average molecular weight is 269 g/mol. The summed E-state index contributed by atoms with van der Waals surface area (Å²) in [7, 11) is 0. The van der Waals surface area contributed by atoms with Gasteiger partial charge >= 0.3 is 0 Å². The number of hydrogen-bond donors (Lipinski definition) is 0. The standard InChI is InChI=1S/C11H7BrClN/c12-11-8(4-3-5-9(11)13)10-6-1-2-7-14-10/h1-7H. The van der Waals surface area contributed by atoms with E-state index in [4.69, 9.17) is 11.6 Å². The SMILES string of the molecule is Clc1cccc(-c2ccccn2)c1Br. The van der Waals surface area contributed by atoms with Gasteiger partial charge in [0, 0.05) is 16.2 Å². The highest BCUT2D eigenvalue weighted by atomic mass is 79.9. The highest BCUT2D eigenvalue weighted by Crippen LogP contribution is 2.32. The van der Waals surface area contributed by atoms with Crippen LogP contribution in [0.3, 0.4) is 0 Å². The van der Waals surface area contributed by atoms with Crippen LogP contribution < -0.4 is 0 Å². The Hall–Kier alpha value is -0.860. The molecule has 0 aliphatic rings. The summed E-state index contributed by atoms with van der Waals surface area (Å²) in [5.74, 6) is 0. The smallest absolute Gasteiger partial charge is 0.0713 e. The largest absolute Gasteiger partial charge is 0.256 e. The summed E-state index contributed by atoms with van der Waals surface area (Å²) in [6.45, 7) is 0. The second-order valence-electron chi connectivity index (χ2n) is 2.82. The van der Waals surface area contributed by atoms with Crippen LogP contribution in [0.25, 0.3) is 11.3 Å². The second-order valence-corrected chi connectivity index (χ2v) is 4.02. The van der Waals surface area contributed by atoms with Crippen molar-refractivity contribution in [1.29, 1.82) is 0 Å². The maximum absolute atomic E-state index is 5.99. The first-order chi connectivity index (χ1) is 6.79. The van der Waals surface area contributed by atoms with Crippen LogP contribution in [0, 0.1) is 0 Å². The minimum absolute atomic E-state index is 0.702. The van der Waals surface area contributed by atoms with Crippen LogP contribution in [0.5, 0.6) is 0 Å². The van der Waals surface area contributed by atoms with Crippen LogP contribution in [0.15, 0.2) is 47.1 Å². The molecule has 0 amide bonds. The quantitative estimate of drug-likeness (QED) is 0.756. The van der Waals surface area contributed by atoms with Gasteiger partial charge in [-0.05, 0) is 34.1 Å². The molecule has 0 N–H and O–H groups in total. The molecule has 1 nitrogen and oxygen atoms in total. The Kier molecular flexibility index (Phi) is 2.85. The Morgan fingerprint density at radius 2 is 1.93 bits per heavy atom. The molecule has 0 unspecified atom stereocenters. The number of rotatable bonds is 1. The number of nitrogens with zero attached hydrogens (tertiary/aromatic N) is 1. The van der Waals surface area contributed by atoms with E-state index in [0.29, 0.717) is 5.02 Å². The molecule has 0 aliphatic heterocycles. The molecular formula is C11H7BrClN. The van der Waals surface area contributed by atoms with E-state index in [2.05, 4.69) is 20.9 Å². The second kappa shape index (κ2) is 4.11. The number of hydrogen-bond acceptors (Lipinski definition) is 1.